The number of aromatic nitrogens is 4. The summed E-state index contributed by atoms with van der Waals surface area (Å²) in [5.41, 5.74) is 1.08. The summed E-state index contributed by atoms with van der Waals surface area (Å²) in [6.45, 7) is 0. The number of rotatable bonds is 4. The van der Waals surface area contributed by atoms with Crippen LogP contribution in [0.25, 0.3) is 5.69 Å². The van der Waals surface area contributed by atoms with E-state index in [1.54, 1.807) is 6.07 Å². The number of carbonyl (C=O) groups excluding carboxylic acids is 1. The highest BCUT2D eigenvalue weighted by Crippen LogP contribution is 2.29. The molecule has 0 spiro atoms. The van der Waals surface area contributed by atoms with Crippen molar-refractivity contribution in [3.63, 3.8) is 0 Å². The van der Waals surface area contributed by atoms with Crippen molar-refractivity contribution >= 4 is 18.0 Å². The summed E-state index contributed by atoms with van der Waals surface area (Å²) < 4.78 is 15.4. The van der Waals surface area contributed by atoms with Gasteiger partial charge < -0.3 is 0 Å². The van der Waals surface area contributed by atoms with Crippen molar-refractivity contribution in [1.82, 2.24) is 20.2 Å². The number of hydrogen-bond donors (Lipinski definition) is 0. The first-order valence-corrected chi connectivity index (χ1v) is 6.86. The summed E-state index contributed by atoms with van der Waals surface area (Å²) in [5.74, 6) is -0.479. The van der Waals surface area contributed by atoms with E-state index in [0.717, 1.165) is 17.4 Å². The van der Waals surface area contributed by atoms with E-state index in [-0.39, 0.29) is 0 Å². The van der Waals surface area contributed by atoms with Crippen molar-refractivity contribution in [3.8, 4) is 5.69 Å². The fourth-order valence-corrected chi connectivity index (χ4v) is 2.54. The van der Waals surface area contributed by atoms with Gasteiger partial charge in [-0.05, 0) is 46.5 Å². The molecule has 0 aliphatic rings. The minimum absolute atomic E-state index is 0.291. The Hall–Kier alpha value is -2.54. The van der Waals surface area contributed by atoms with E-state index in [9.17, 15) is 9.18 Å². The fourth-order valence-electron chi connectivity index (χ4n) is 1.75. The number of nitrogens with zero attached hydrogens (tertiary/aromatic N) is 4. The van der Waals surface area contributed by atoms with Gasteiger partial charge in [-0.1, -0.05) is 24.3 Å². The van der Waals surface area contributed by atoms with E-state index in [1.165, 1.54) is 16.8 Å². The first kappa shape index (κ1) is 13.4. The van der Waals surface area contributed by atoms with E-state index in [2.05, 4.69) is 15.5 Å². The standard InChI is InChI=1S/C14H9FN4OS/c15-12-8-10(9-20)6-7-13(12)21-14-16-17-18-19(14)11-4-2-1-3-5-11/h1-9H. The van der Waals surface area contributed by atoms with Gasteiger partial charge in [0.1, 0.15) is 12.1 Å². The molecule has 104 valence electrons. The molecule has 3 rings (SSSR count). The predicted molar refractivity (Wildman–Crippen MR) is 75.1 cm³/mol. The molecule has 0 unspecified atom stereocenters. The summed E-state index contributed by atoms with van der Waals surface area (Å²) in [4.78, 5) is 11.0. The molecule has 2 aromatic carbocycles. The van der Waals surface area contributed by atoms with Gasteiger partial charge in [-0.15, -0.1) is 5.10 Å². The molecule has 0 radical (unpaired) electrons. The van der Waals surface area contributed by atoms with Gasteiger partial charge in [0.05, 0.1) is 10.6 Å². The Morgan fingerprint density at radius 2 is 1.95 bits per heavy atom. The second-order valence-corrected chi connectivity index (χ2v) is 5.13. The van der Waals surface area contributed by atoms with Crippen LogP contribution in [-0.2, 0) is 0 Å². The lowest BCUT2D eigenvalue weighted by molar-refractivity contribution is 0.112. The summed E-state index contributed by atoms with van der Waals surface area (Å²) in [6.07, 6.45) is 0.603. The fraction of sp³-hybridized carbons (Fsp3) is 0. The topological polar surface area (TPSA) is 60.7 Å². The van der Waals surface area contributed by atoms with Gasteiger partial charge in [0.15, 0.2) is 0 Å². The lowest BCUT2D eigenvalue weighted by atomic mass is 10.2. The molecule has 21 heavy (non-hydrogen) atoms. The molecule has 0 saturated carbocycles. The van der Waals surface area contributed by atoms with E-state index >= 15 is 0 Å². The molecule has 0 saturated heterocycles. The number of para-hydroxylation sites is 1. The molecule has 7 heteroatoms. The SMILES string of the molecule is O=Cc1ccc(Sc2nnnn2-c2ccccc2)c(F)c1. The quantitative estimate of drug-likeness (QED) is 0.693. The third kappa shape index (κ3) is 2.82. The zero-order valence-corrected chi connectivity index (χ0v) is 11.5. The van der Waals surface area contributed by atoms with Gasteiger partial charge in [0.25, 0.3) is 0 Å². The molecule has 0 N–H and O–H groups in total. The molecular weight excluding hydrogens is 291 g/mol. The molecule has 0 bridgehead atoms. The molecule has 1 aromatic heterocycles. The van der Waals surface area contributed by atoms with Gasteiger partial charge in [0.2, 0.25) is 5.16 Å². The van der Waals surface area contributed by atoms with Crippen LogP contribution in [0.3, 0.4) is 0 Å². The largest absolute Gasteiger partial charge is 0.298 e. The molecule has 0 aliphatic heterocycles. The molecule has 3 aromatic rings. The Labute approximate surface area is 123 Å². The highest BCUT2D eigenvalue weighted by Gasteiger charge is 2.13. The number of hydrogen-bond acceptors (Lipinski definition) is 5. The van der Waals surface area contributed by atoms with Crippen LogP contribution in [0.2, 0.25) is 0 Å². The average Bonchev–Trinajstić information content (AvgIpc) is 2.98. The molecule has 1 heterocycles. The number of halogens is 1. The third-order valence-corrected chi connectivity index (χ3v) is 3.72. The van der Waals surface area contributed by atoms with Crippen molar-refractivity contribution in [3.05, 3.63) is 59.9 Å². The Morgan fingerprint density at radius 1 is 1.14 bits per heavy atom. The number of carbonyl (C=O) groups is 1. The predicted octanol–water partition coefficient (Wildman–Crippen LogP) is 2.77. The van der Waals surface area contributed by atoms with E-state index in [1.807, 2.05) is 30.3 Å². The zero-order chi connectivity index (χ0) is 14.7. The smallest absolute Gasteiger partial charge is 0.219 e. The van der Waals surface area contributed by atoms with Crippen molar-refractivity contribution < 1.29 is 9.18 Å². The third-order valence-electron chi connectivity index (χ3n) is 2.73. The summed E-state index contributed by atoms with van der Waals surface area (Å²) in [6, 6.07) is 13.6. The summed E-state index contributed by atoms with van der Waals surface area (Å²) >= 11 is 1.10. The second-order valence-electron chi connectivity index (χ2n) is 4.12. The Kier molecular flexibility index (Phi) is 3.74. The van der Waals surface area contributed by atoms with Gasteiger partial charge in [-0.2, -0.15) is 4.68 Å². The van der Waals surface area contributed by atoms with E-state index in [0.29, 0.717) is 21.9 Å². The van der Waals surface area contributed by atoms with Crippen molar-refractivity contribution in [2.24, 2.45) is 0 Å². The molecule has 0 fully saturated rings. The van der Waals surface area contributed by atoms with Crippen molar-refractivity contribution in [1.29, 1.82) is 0 Å². The first-order valence-electron chi connectivity index (χ1n) is 6.04. The Morgan fingerprint density at radius 3 is 2.67 bits per heavy atom. The molecule has 0 atom stereocenters. The van der Waals surface area contributed by atoms with Gasteiger partial charge in [-0.25, -0.2) is 4.39 Å². The highest BCUT2D eigenvalue weighted by molar-refractivity contribution is 7.99. The monoisotopic (exact) mass is 300 g/mol. The van der Waals surface area contributed by atoms with Gasteiger partial charge >= 0.3 is 0 Å². The molecular formula is C14H9FN4OS. The minimum Gasteiger partial charge on any atom is -0.298 e. The van der Waals surface area contributed by atoms with Crippen LogP contribution < -0.4 is 0 Å². The van der Waals surface area contributed by atoms with Crippen molar-refractivity contribution in [2.45, 2.75) is 10.1 Å². The molecule has 5 nitrogen and oxygen atoms in total. The maximum absolute atomic E-state index is 13.9. The summed E-state index contributed by atoms with van der Waals surface area (Å²) in [5, 5.41) is 11.9. The van der Waals surface area contributed by atoms with E-state index in [4.69, 9.17) is 0 Å². The maximum atomic E-state index is 13.9. The van der Waals surface area contributed by atoms with E-state index < -0.39 is 5.82 Å². The molecule has 0 aliphatic carbocycles. The normalized spacial score (nSPS) is 10.5. The van der Waals surface area contributed by atoms with Crippen LogP contribution in [0.5, 0.6) is 0 Å². The zero-order valence-electron chi connectivity index (χ0n) is 10.7. The first-order chi connectivity index (χ1) is 10.3. The van der Waals surface area contributed by atoms with Gasteiger partial charge in [-0.3, -0.25) is 4.79 Å². The summed E-state index contributed by atoms with van der Waals surface area (Å²) in [7, 11) is 0. The van der Waals surface area contributed by atoms with Crippen LogP contribution in [0.15, 0.2) is 58.6 Å². The van der Waals surface area contributed by atoms with Crippen LogP contribution >= 0.6 is 11.8 Å². The Balaban J connectivity index is 1.93. The minimum atomic E-state index is -0.479. The van der Waals surface area contributed by atoms with Crippen LogP contribution in [0, 0.1) is 5.82 Å². The number of aldehydes is 1. The average molecular weight is 300 g/mol. The number of tetrazole rings is 1. The van der Waals surface area contributed by atoms with Crippen LogP contribution in [0.4, 0.5) is 4.39 Å². The van der Waals surface area contributed by atoms with Crippen molar-refractivity contribution in [2.75, 3.05) is 0 Å². The number of benzene rings is 2. The lowest BCUT2D eigenvalue weighted by Gasteiger charge is -2.05. The molecule has 0 amide bonds. The Bertz CT molecular complexity index is 776. The van der Waals surface area contributed by atoms with Crippen LogP contribution in [0.1, 0.15) is 10.4 Å². The second kappa shape index (κ2) is 5.84. The maximum Gasteiger partial charge on any atom is 0.219 e. The highest BCUT2D eigenvalue weighted by atomic mass is 32.2. The lowest BCUT2D eigenvalue weighted by Crippen LogP contribution is -1.98. The van der Waals surface area contributed by atoms with Gasteiger partial charge in [0, 0.05) is 5.56 Å². The van der Waals surface area contributed by atoms with Crippen LogP contribution in [-0.4, -0.2) is 26.5 Å².